The lowest BCUT2D eigenvalue weighted by Crippen LogP contribution is -2.23. The molecule has 9 nitrogen and oxygen atoms in total. The number of aromatic nitrogens is 5. The van der Waals surface area contributed by atoms with Gasteiger partial charge >= 0.3 is 0 Å². The molecule has 1 N–H and O–H groups in total. The summed E-state index contributed by atoms with van der Waals surface area (Å²) in [6.07, 6.45) is 1.67. The number of aryl methyl sites for hydroxylation is 2. The number of hydrogen-bond acceptors (Lipinski definition) is 7. The number of hydrogen-bond donors (Lipinski definition) is 1. The van der Waals surface area contributed by atoms with E-state index in [9.17, 15) is 4.79 Å². The second-order valence-electron chi connectivity index (χ2n) is 4.82. The van der Waals surface area contributed by atoms with Gasteiger partial charge in [0.2, 0.25) is 0 Å². The zero-order valence-corrected chi connectivity index (χ0v) is 12.3. The van der Waals surface area contributed by atoms with Crippen LogP contribution < -0.4 is 5.32 Å². The number of carbonyl (C=O) groups is 1. The molecule has 0 fully saturated rings. The molecular weight excluding hydrogens is 288 g/mol. The number of rotatable bonds is 4. The van der Waals surface area contributed by atoms with E-state index in [-0.39, 0.29) is 18.1 Å². The van der Waals surface area contributed by atoms with E-state index < -0.39 is 0 Å². The SMILES string of the molecule is Cc1nonc1CNC(=O)c1cc(-c2cnn(C)c2C)on1. The predicted octanol–water partition coefficient (Wildman–Crippen LogP) is 1.00. The molecular formula is C13H14N6O3. The van der Waals surface area contributed by atoms with E-state index in [1.165, 1.54) is 0 Å². The molecule has 0 radical (unpaired) electrons. The van der Waals surface area contributed by atoms with Gasteiger partial charge in [-0.05, 0) is 13.8 Å². The first kappa shape index (κ1) is 14.0. The molecule has 22 heavy (non-hydrogen) atoms. The van der Waals surface area contributed by atoms with Crippen LogP contribution in [0.3, 0.4) is 0 Å². The summed E-state index contributed by atoms with van der Waals surface area (Å²) in [5, 5.41) is 17.9. The van der Waals surface area contributed by atoms with Crippen LogP contribution in [-0.4, -0.2) is 31.2 Å². The first-order valence-corrected chi connectivity index (χ1v) is 6.58. The lowest BCUT2D eigenvalue weighted by Gasteiger charge is -1.98. The third-order valence-electron chi connectivity index (χ3n) is 3.41. The fourth-order valence-electron chi connectivity index (χ4n) is 1.91. The molecule has 0 bridgehead atoms. The van der Waals surface area contributed by atoms with Gasteiger partial charge in [-0.3, -0.25) is 9.48 Å². The molecule has 0 aliphatic rings. The summed E-state index contributed by atoms with van der Waals surface area (Å²) in [5.74, 6) is 0.133. The van der Waals surface area contributed by atoms with Crippen LogP contribution in [-0.2, 0) is 13.6 Å². The molecule has 3 aromatic heterocycles. The van der Waals surface area contributed by atoms with Crippen LogP contribution in [0.25, 0.3) is 11.3 Å². The number of nitrogens with zero attached hydrogens (tertiary/aromatic N) is 5. The lowest BCUT2D eigenvalue weighted by molar-refractivity contribution is 0.0941. The van der Waals surface area contributed by atoms with Crippen molar-refractivity contribution in [3.05, 3.63) is 35.0 Å². The van der Waals surface area contributed by atoms with Crippen molar-refractivity contribution in [2.24, 2.45) is 7.05 Å². The number of nitrogens with one attached hydrogen (secondary N) is 1. The monoisotopic (exact) mass is 302 g/mol. The van der Waals surface area contributed by atoms with Crippen LogP contribution in [0.1, 0.15) is 27.6 Å². The normalized spacial score (nSPS) is 10.9. The highest BCUT2D eigenvalue weighted by molar-refractivity contribution is 5.93. The van der Waals surface area contributed by atoms with E-state index in [0.29, 0.717) is 17.1 Å². The summed E-state index contributed by atoms with van der Waals surface area (Å²) in [5.41, 5.74) is 3.11. The minimum atomic E-state index is -0.362. The van der Waals surface area contributed by atoms with Crippen molar-refractivity contribution in [3.63, 3.8) is 0 Å². The van der Waals surface area contributed by atoms with Crippen molar-refractivity contribution in [2.75, 3.05) is 0 Å². The van der Waals surface area contributed by atoms with E-state index in [1.807, 2.05) is 14.0 Å². The molecule has 0 aromatic carbocycles. The van der Waals surface area contributed by atoms with Crippen molar-refractivity contribution in [2.45, 2.75) is 20.4 Å². The highest BCUT2D eigenvalue weighted by Crippen LogP contribution is 2.23. The van der Waals surface area contributed by atoms with Crippen molar-refractivity contribution in [3.8, 4) is 11.3 Å². The predicted molar refractivity (Wildman–Crippen MR) is 73.6 cm³/mol. The Labute approximate surface area is 125 Å². The zero-order chi connectivity index (χ0) is 15.7. The van der Waals surface area contributed by atoms with Gasteiger partial charge in [-0.1, -0.05) is 15.5 Å². The minimum Gasteiger partial charge on any atom is -0.355 e. The third-order valence-corrected chi connectivity index (χ3v) is 3.41. The summed E-state index contributed by atoms with van der Waals surface area (Å²) in [7, 11) is 1.83. The highest BCUT2D eigenvalue weighted by atomic mass is 16.6. The third kappa shape index (κ3) is 2.48. The standard InChI is InChI=1S/C13H14N6O3/c1-7-11(18-22-16-7)6-14-13(20)10-4-12(21-17-10)9-5-15-19(3)8(9)2/h4-5H,6H2,1-3H3,(H,14,20). The molecule has 9 heteroatoms. The van der Waals surface area contributed by atoms with Crippen LogP contribution in [0.15, 0.2) is 21.4 Å². The summed E-state index contributed by atoms with van der Waals surface area (Å²) in [6, 6.07) is 1.58. The Morgan fingerprint density at radius 1 is 1.32 bits per heavy atom. The molecule has 0 aliphatic heterocycles. The molecule has 0 aliphatic carbocycles. The van der Waals surface area contributed by atoms with Gasteiger partial charge in [0.25, 0.3) is 5.91 Å². The molecule has 0 spiro atoms. The van der Waals surface area contributed by atoms with E-state index in [2.05, 4.69) is 30.5 Å². The second kappa shape index (κ2) is 5.43. The number of carbonyl (C=O) groups excluding carboxylic acids is 1. The minimum absolute atomic E-state index is 0.187. The van der Waals surface area contributed by atoms with Gasteiger partial charge in [-0.2, -0.15) is 5.10 Å². The van der Waals surface area contributed by atoms with Gasteiger partial charge < -0.3 is 9.84 Å². The summed E-state index contributed by atoms with van der Waals surface area (Å²) < 4.78 is 11.5. The van der Waals surface area contributed by atoms with Gasteiger partial charge in [0.1, 0.15) is 11.4 Å². The van der Waals surface area contributed by atoms with Gasteiger partial charge in [-0.25, -0.2) is 4.63 Å². The smallest absolute Gasteiger partial charge is 0.273 e. The fourth-order valence-corrected chi connectivity index (χ4v) is 1.91. The van der Waals surface area contributed by atoms with Crippen molar-refractivity contribution in [1.82, 2.24) is 30.6 Å². The van der Waals surface area contributed by atoms with Crippen LogP contribution >= 0.6 is 0 Å². The fraction of sp³-hybridized carbons (Fsp3) is 0.308. The van der Waals surface area contributed by atoms with Gasteiger partial charge in [0.05, 0.1) is 18.3 Å². The molecule has 0 saturated carbocycles. The maximum atomic E-state index is 12.1. The molecule has 0 unspecified atom stereocenters. The number of amides is 1. The van der Waals surface area contributed by atoms with Crippen LogP contribution in [0.5, 0.6) is 0 Å². The molecule has 3 rings (SSSR count). The molecule has 114 valence electrons. The highest BCUT2D eigenvalue weighted by Gasteiger charge is 2.17. The second-order valence-corrected chi connectivity index (χ2v) is 4.82. The lowest BCUT2D eigenvalue weighted by atomic mass is 10.2. The summed E-state index contributed by atoms with van der Waals surface area (Å²) >= 11 is 0. The molecule has 0 atom stereocenters. The quantitative estimate of drug-likeness (QED) is 0.765. The van der Waals surface area contributed by atoms with E-state index >= 15 is 0 Å². The largest absolute Gasteiger partial charge is 0.355 e. The Bertz CT molecular complexity index is 815. The summed E-state index contributed by atoms with van der Waals surface area (Å²) in [6.45, 7) is 3.87. The Morgan fingerprint density at radius 2 is 2.14 bits per heavy atom. The molecule has 1 amide bonds. The maximum Gasteiger partial charge on any atom is 0.273 e. The molecule has 3 heterocycles. The molecule has 3 aromatic rings. The van der Waals surface area contributed by atoms with Crippen LogP contribution in [0, 0.1) is 13.8 Å². The average Bonchev–Trinajstić information content (AvgIpc) is 3.20. The Hall–Kier alpha value is -2.97. The Balaban J connectivity index is 1.72. The Morgan fingerprint density at radius 3 is 2.77 bits per heavy atom. The Kier molecular flexibility index (Phi) is 3.45. The van der Waals surface area contributed by atoms with Crippen molar-refractivity contribution >= 4 is 5.91 Å². The molecule has 0 saturated heterocycles. The first-order valence-electron chi connectivity index (χ1n) is 6.58. The zero-order valence-electron chi connectivity index (χ0n) is 12.3. The van der Waals surface area contributed by atoms with E-state index in [0.717, 1.165) is 11.3 Å². The first-order chi connectivity index (χ1) is 10.6. The average molecular weight is 302 g/mol. The van der Waals surface area contributed by atoms with Crippen LogP contribution in [0.4, 0.5) is 0 Å². The van der Waals surface area contributed by atoms with Gasteiger partial charge in [0.15, 0.2) is 11.5 Å². The van der Waals surface area contributed by atoms with E-state index in [4.69, 9.17) is 4.52 Å². The summed E-state index contributed by atoms with van der Waals surface area (Å²) in [4.78, 5) is 12.1. The topological polar surface area (TPSA) is 112 Å². The van der Waals surface area contributed by atoms with Gasteiger partial charge in [-0.15, -0.1) is 0 Å². The maximum absolute atomic E-state index is 12.1. The van der Waals surface area contributed by atoms with Crippen molar-refractivity contribution in [1.29, 1.82) is 0 Å². The van der Waals surface area contributed by atoms with Crippen LogP contribution in [0.2, 0.25) is 0 Å². The van der Waals surface area contributed by atoms with Crippen molar-refractivity contribution < 1.29 is 13.9 Å². The van der Waals surface area contributed by atoms with Gasteiger partial charge in [0, 0.05) is 18.8 Å². The van der Waals surface area contributed by atoms with E-state index in [1.54, 1.807) is 23.9 Å².